The first-order valence-electron chi connectivity index (χ1n) is 7.30. The zero-order valence-corrected chi connectivity index (χ0v) is 13.4. The van der Waals surface area contributed by atoms with Gasteiger partial charge in [-0.2, -0.15) is 0 Å². The Bertz CT molecular complexity index is 562. The third-order valence-electron chi connectivity index (χ3n) is 3.65. The van der Waals surface area contributed by atoms with E-state index in [0.29, 0.717) is 23.6 Å². The lowest BCUT2D eigenvalue weighted by Gasteiger charge is -2.20. The molecule has 0 radical (unpaired) electrons. The average molecular weight is 329 g/mol. The molecule has 0 aliphatic carbocycles. The maximum absolute atomic E-state index is 13.8. The molecule has 0 aromatic heterocycles. The van der Waals surface area contributed by atoms with Crippen molar-refractivity contribution in [1.82, 2.24) is 10.2 Å². The molecule has 2 atom stereocenters. The van der Waals surface area contributed by atoms with Crippen molar-refractivity contribution < 1.29 is 18.9 Å². The van der Waals surface area contributed by atoms with Gasteiger partial charge in [0.15, 0.2) is 6.67 Å². The first-order valence-corrected chi connectivity index (χ1v) is 7.68. The normalized spacial score (nSPS) is 19.5. The van der Waals surface area contributed by atoms with Crippen LogP contribution in [0.4, 0.5) is 9.18 Å². The van der Waals surface area contributed by atoms with Crippen LogP contribution in [0.1, 0.15) is 25.3 Å². The van der Waals surface area contributed by atoms with Gasteiger partial charge in [-0.1, -0.05) is 31.0 Å². The van der Waals surface area contributed by atoms with Gasteiger partial charge in [0.2, 0.25) is 0 Å². The average Bonchev–Trinajstić information content (AvgIpc) is 2.71. The maximum Gasteiger partial charge on any atom is 0.329 e. The van der Waals surface area contributed by atoms with Gasteiger partial charge < -0.3 is 10.2 Å². The van der Waals surface area contributed by atoms with Crippen molar-refractivity contribution in [3.05, 3.63) is 34.6 Å². The summed E-state index contributed by atoms with van der Waals surface area (Å²) < 4.78 is 13.8. The summed E-state index contributed by atoms with van der Waals surface area (Å²) in [4.78, 5) is 26.0. The van der Waals surface area contributed by atoms with Crippen LogP contribution in [-0.2, 0) is 11.3 Å². The van der Waals surface area contributed by atoms with Gasteiger partial charge in [-0.05, 0) is 18.6 Å². The molecule has 1 unspecified atom stereocenters. The zero-order valence-electron chi connectivity index (χ0n) is 12.7. The number of carbonyl (C=O) groups is 2. The van der Waals surface area contributed by atoms with Crippen LogP contribution < -0.4 is 10.2 Å². The van der Waals surface area contributed by atoms with E-state index >= 15 is 0 Å². The second-order valence-electron chi connectivity index (χ2n) is 5.55. The molecule has 0 spiro atoms. The Labute approximate surface area is 134 Å². The van der Waals surface area contributed by atoms with Gasteiger partial charge in [-0.3, -0.25) is 4.79 Å². The highest BCUT2D eigenvalue weighted by Crippen LogP contribution is 2.17. The third-order valence-corrected chi connectivity index (χ3v) is 4.01. The number of nitrogens with zero attached hydrogens (tertiary/aromatic N) is 1. The number of halogens is 2. The van der Waals surface area contributed by atoms with Crippen LogP contribution in [0, 0.1) is 5.82 Å². The number of amides is 3. The zero-order chi connectivity index (χ0) is 16.3. The fraction of sp³-hybridized carbons (Fsp3) is 0.467. The van der Waals surface area contributed by atoms with Gasteiger partial charge >= 0.3 is 6.03 Å². The molecule has 1 saturated heterocycles. The molecule has 1 aromatic carbocycles. The number of imide groups is 1. The fourth-order valence-electron chi connectivity index (χ4n) is 2.54. The highest BCUT2D eigenvalue weighted by molar-refractivity contribution is 6.31. The van der Waals surface area contributed by atoms with Crippen molar-refractivity contribution in [2.24, 2.45) is 0 Å². The predicted octanol–water partition coefficient (Wildman–Crippen LogP) is 1.17. The van der Waals surface area contributed by atoms with E-state index in [0.717, 1.165) is 11.3 Å². The number of quaternary nitrogens is 1. The van der Waals surface area contributed by atoms with Crippen LogP contribution >= 0.6 is 11.6 Å². The second kappa shape index (κ2) is 7.07. The van der Waals surface area contributed by atoms with Gasteiger partial charge in [-0.25, -0.2) is 14.1 Å². The molecule has 1 heterocycles. The Morgan fingerprint density at radius 3 is 2.77 bits per heavy atom. The lowest BCUT2D eigenvalue weighted by atomic mass is 10.2. The van der Waals surface area contributed by atoms with Gasteiger partial charge in [0.05, 0.1) is 17.6 Å². The molecular formula is C15H20ClFN3O2+. The van der Waals surface area contributed by atoms with E-state index in [1.54, 1.807) is 19.2 Å². The minimum atomic E-state index is -0.442. The van der Waals surface area contributed by atoms with E-state index in [9.17, 15) is 14.0 Å². The lowest BCUT2D eigenvalue weighted by molar-refractivity contribution is -0.901. The van der Waals surface area contributed by atoms with Crippen molar-refractivity contribution in [1.29, 1.82) is 0 Å². The number of benzene rings is 1. The Hall–Kier alpha value is -1.66. The number of hydrogen-bond donors (Lipinski definition) is 2. The van der Waals surface area contributed by atoms with Gasteiger partial charge in [0, 0.05) is 0 Å². The number of carbonyl (C=O) groups excluding carboxylic acids is 2. The minimum absolute atomic E-state index is 0.176. The summed E-state index contributed by atoms with van der Waals surface area (Å²) in [6.45, 7) is 2.43. The van der Waals surface area contributed by atoms with E-state index < -0.39 is 6.04 Å². The first kappa shape index (κ1) is 16.7. The molecular weight excluding hydrogens is 309 g/mol. The Morgan fingerprint density at radius 2 is 2.14 bits per heavy atom. The number of urea groups is 1. The fourth-order valence-corrected chi connectivity index (χ4v) is 2.77. The summed E-state index contributed by atoms with van der Waals surface area (Å²) in [6.07, 6.45) is 1.44. The molecule has 2 rings (SSSR count). The topological polar surface area (TPSA) is 53.9 Å². The summed E-state index contributed by atoms with van der Waals surface area (Å²) >= 11 is 6.00. The van der Waals surface area contributed by atoms with Gasteiger partial charge in [-0.15, -0.1) is 0 Å². The van der Waals surface area contributed by atoms with Crippen molar-refractivity contribution in [2.45, 2.75) is 32.4 Å². The molecule has 7 heteroatoms. The summed E-state index contributed by atoms with van der Waals surface area (Å²) in [5.41, 5.74) is 0.388. The van der Waals surface area contributed by atoms with Crippen molar-refractivity contribution in [2.75, 3.05) is 13.7 Å². The second-order valence-corrected chi connectivity index (χ2v) is 5.96. The number of rotatable bonds is 6. The highest BCUT2D eigenvalue weighted by atomic mass is 35.5. The highest BCUT2D eigenvalue weighted by Gasteiger charge is 2.38. The first-order chi connectivity index (χ1) is 10.4. The monoisotopic (exact) mass is 328 g/mol. The van der Waals surface area contributed by atoms with Crippen molar-refractivity contribution >= 4 is 23.5 Å². The van der Waals surface area contributed by atoms with Crippen LogP contribution in [-0.4, -0.2) is 36.6 Å². The molecule has 0 saturated carbocycles. The quantitative estimate of drug-likeness (QED) is 0.770. The lowest BCUT2D eigenvalue weighted by Crippen LogP contribution is -3.09. The Morgan fingerprint density at radius 1 is 1.41 bits per heavy atom. The van der Waals surface area contributed by atoms with Crippen LogP contribution in [0.5, 0.6) is 0 Å². The largest absolute Gasteiger partial charge is 0.329 e. The van der Waals surface area contributed by atoms with E-state index in [1.165, 1.54) is 11.0 Å². The summed E-state index contributed by atoms with van der Waals surface area (Å²) in [6, 6.07) is 3.69. The summed E-state index contributed by atoms with van der Waals surface area (Å²) in [5.74, 6) is -0.598. The van der Waals surface area contributed by atoms with Crippen LogP contribution in [0.2, 0.25) is 5.02 Å². The molecule has 1 aromatic rings. The molecule has 5 nitrogen and oxygen atoms in total. The van der Waals surface area contributed by atoms with E-state index in [-0.39, 0.29) is 24.4 Å². The van der Waals surface area contributed by atoms with Crippen LogP contribution in [0.25, 0.3) is 0 Å². The Kier molecular flexibility index (Phi) is 5.37. The molecule has 0 bridgehead atoms. The number of hydrogen-bond acceptors (Lipinski definition) is 2. The Balaban J connectivity index is 2.02. The van der Waals surface area contributed by atoms with Crippen molar-refractivity contribution in [3.63, 3.8) is 0 Å². The molecule has 22 heavy (non-hydrogen) atoms. The van der Waals surface area contributed by atoms with Crippen LogP contribution in [0.3, 0.4) is 0 Å². The molecule has 3 amide bonds. The summed E-state index contributed by atoms with van der Waals surface area (Å²) in [5, 5.41) is 3.02. The predicted molar refractivity (Wildman–Crippen MR) is 80.9 cm³/mol. The van der Waals surface area contributed by atoms with E-state index in [4.69, 9.17) is 11.6 Å². The standard InChI is InChI=1S/C15H19ClFN3O2/c1-3-5-13-14(21)20(15(22)18-13)9-19(2)8-10-11(16)6-4-7-12(10)17/h4,6-7,13H,3,5,8-9H2,1-2H3,(H,18,22)/p+1/t13-/m1/s1. The molecule has 2 N–H and O–H groups in total. The van der Waals surface area contributed by atoms with Gasteiger partial charge in [0.1, 0.15) is 18.4 Å². The molecule has 1 fully saturated rings. The molecule has 1 aliphatic rings. The van der Waals surface area contributed by atoms with E-state index in [2.05, 4.69) is 5.32 Å². The molecule has 1 aliphatic heterocycles. The smallest absolute Gasteiger partial charge is 0.326 e. The minimum Gasteiger partial charge on any atom is -0.326 e. The maximum atomic E-state index is 13.8. The number of nitrogens with one attached hydrogen (secondary N) is 2. The summed E-state index contributed by atoms with van der Waals surface area (Å²) in [7, 11) is 1.79. The van der Waals surface area contributed by atoms with E-state index in [1.807, 2.05) is 6.92 Å². The third kappa shape index (κ3) is 3.56. The SMILES string of the molecule is CCC[C@H]1NC(=O)N(C[NH+](C)Cc2c(F)cccc2Cl)C1=O. The molecule has 120 valence electrons. The van der Waals surface area contributed by atoms with Crippen molar-refractivity contribution in [3.8, 4) is 0 Å². The van der Waals surface area contributed by atoms with Gasteiger partial charge in [0.25, 0.3) is 5.91 Å². The van der Waals surface area contributed by atoms with Crippen LogP contribution in [0.15, 0.2) is 18.2 Å².